The lowest BCUT2D eigenvalue weighted by Gasteiger charge is -2.29. The third kappa shape index (κ3) is 2.79. The molecule has 1 aliphatic heterocycles. The van der Waals surface area contributed by atoms with Gasteiger partial charge in [-0.05, 0) is 37.8 Å². The van der Waals surface area contributed by atoms with Crippen molar-refractivity contribution in [3.05, 3.63) is 11.8 Å². The maximum Gasteiger partial charge on any atom is 0.254 e. The van der Waals surface area contributed by atoms with Crippen LogP contribution in [0, 0.1) is 0 Å². The lowest BCUT2D eigenvalue weighted by atomic mass is 9.55. The third-order valence-corrected chi connectivity index (χ3v) is 3.90. The highest BCUT2D eigenvalue weighted by molar-refractivity contribution is 6.57. The van der Waals surface area contributed by atoms with Gasteiger partial charge in [-0.3, -0.25) is 0 Å². The predicted molar refractivity (Wildman–Crippen MR) is 68.2 cm³/mol. The van der Waals surface area contributed by atoms with E-state index in [-0.39, 0.29) is 0 Å². The number of hydrogen-bond donors (Lipinski definition) is 0. The van der Waals surface area contributed by atoms with Gasteiger partial charge in [-0.1, -0.05) is 38.5 Å². The maximum absolute atomic E-state index is 2.73. The van der Waals surface area contributed by atoms with Gasteiger partial charge in [0, 0.05) is 6.54 Å². The fourth-order valence-electron chi connectivity index (χ4n) is 3.04. The molecule has 1 nitrogen and oxygen atoms in total. The molecular weight excluding hydrogens is 181 g/mol. The van der Waals surface area contributed by atoms with Gasteiger partial charge in [0.2, 0.25) is 0 Å². The van der Waals surface area contributed by atoms with Crippen LogP contribution in [0.4, 0.5) is 0 Å². The van der Waals surface area contributed by atoms with Gasteiger partial charge < -0.3 is 4.81 Å². The second-order valence-electron chi connectivity index (χ2n) is 5.07. The standard InChI is InChI=1S/C13H24BN/c1-2-3-10-14-11-7-12-15(14)13-8-5-4-6-9-13/h8H,2-7,9-12H2,1H3. The van der Waals surface area contributed by atoms with Crippen molar-refractivity contribution >= 4 is 6.85 Å². The zero-order chi connectivity index (χ0) is 10.5. The molecule has 1 heterocycles. The van der Waals surface area contributed by atoms with Crippen LogP contribution >= 0.6 is 0 Å². The van der Waals surface area contributed by atoms with Crippen LogP contribution in [-0.4, -0.2) is 18.2 Å². The minimum absolute atomic E-state index is 0.884. The maximum atomic E-state index is 2.73. The van der Waals surface area contributed by atoms with Crippen molar-refractivity contribution in [3.8, 4) is 0 Å². The minimum atomic E-state index is 0.884. The highest BCUT2D eigenvalue weighted by Gasteiger charge is 2.29. The molecule has 84 valence electrons. The summed E-state index contributed by atoms with van der Waals surface area (Å²) >= 11 is 0. The van der Waals surface area contributed by atoms with E-state index in [9.17, 15) is 0 Å². The summed E-state index contributed by atoms with van der Waals surface area (Å²) in [4.78, 5) is 2.73. The summed E-state index contributed by atoms with van der Waals surface area (Å²) in [6, 6.07) is 0. The minimum Gasteiger partial charge on any atom is -0.418 e. The lowest BCUT2D eigenvalue weighted by Crippen LogP contribution is -2.33. The molecule has 1 aliphatic carbocycles. The fourth-order valence-corrected chi connectivity index (χ4v) is 3.04. The molecule has 2 aliphatic rings. The van der Waals surface area contributed by atoms with Gasteiger partial charge in [0.1, 0.15) is 0 Å². The van der Waals surface area contributed by atoms with Crippen molar-refractivity contribution in [3.63, 3.8) is 0 Å². The molecule has 1 fully saturated rings. The Bertz CT molecular complexity index is 225. The van der Waals surface area contributed by atoms with E-state index in [1.54, 1.807) is 5.70 Å². The number of hydrogen-bond acceptors (Lipinski definition) is 1. The summed E-state index contributed by atoms with van der Waals surface area (Å²) in [6.45, 7) is 4.52. The van der Waals surface area contributed by atoms with Crippen molar-refractivity contribution < 1.29 is 0 Å². The SMILES string of the molecule is CCCCB1CCCN1C1=CCCCC1. The number of unbranched alkanes of at least 4 members (excludes halogenated alkanes) is 1. The van der Waals surface area contributed by atoms with Gasteiger partial charge in [0.15, 0.2) is 0 Å². The summed E-state index contributed by atoms with van der Waals surface area (Å²) < 4.78 is 0. The van der Waals surface area contributed by atoms with Crippen LogP contribution in [0.3, 0.4) is 0 Å². The first kappa shape index (κ1) is 11.1. The Kier molecular flexibility index (Phi) is 4.16. The van der Waals surface area contributed by atoms with Crippen molar-refractivity contribution in [2.45, 2.75) is 64.5 Å². The molecule has 2 heteroatoms. The molecule has 15 heavy (non-hydrogen) atoms. The molecule has 2 rings (SSSR count). The van der Waals surface area contributed by atoms with E-state index in [1.807, 2.05) is 0 Å². The molecule has 0 saturated carbocycles. The highest BCUT2D eigenvalue weighted by Crippen LogP contribution is 2.29. The Labute approximate surface area is 95.0 Å². The van der Waals surface area contributed by atoms with Crippen LogP contribution in [0.25, 0.3) is 0 Å². The van der Waals surface area contributed by atoms with Crippen LogP contribution in [0.15, 0.2) is 11.8 Å². The first-order valence-electron chi connectivity index (χ1n) is 6.87. The highest BCUT2D eigenvalue weighted by atomic mass is 15.1. The quantitative estimate of drug-likeness (QED) is 0.628. The summed E-state index contributed by atoms with van der Waals surface area (Å²) in [7, 11) is 0. The smallest absolute Gasteiger partial charge is 0.254 e. The largest absolute Gasteiger partial charge is 0.418 e. The molecule has 1 saturated heterocycles. The predicted octanol–water partition coefficient (Wildman–Crippen LogP) is 3.94. The van der Waals surface area contributed by atoms with E-state index in [0.717, 1.165) is 6.85 Å². The van der Waals surface area contributed by atoms with Crippen molar-refractivity contribution in [1.29, 1.82) is 0 Å². The molecule has 0 bridgehead atoms. The Hall–Kier alpha value is -0.395. The van der Waals surface area contributed by atoms with Crippen molar-refractivity contribution in [2.75, 3.05) is 6.54 Å². The van der Waals surface area contributed by atoms with Gasteiger partial charge in [0.25, 0.3) is 6.85 Å². The van der Waals surface area contributed by atoms with E-state index in [1.165, 1.54) is 64.1 Å². The topological polar surface area (TPSA) is 3.24 Å². The Morgan fingerprint density at radius 1 is 1.33 bits per heavy atom. The van der Waals surface area contributed by atoms with Gasteiger partial charge >= 0.3 is 0 Å². The normalized spacial score (nSPS) is 22.1. The molecule has 0 radical (unpaired) electrons. The average Bonchev–Trinajstić information content (AvgIpc) is 2.75. The Morgan fingerprint density at radius 3 is 3.00 bits per heavy atom. The van der Waals surface area contributed by atoms with Crippen LogP contribution < -0.4 is 0 Å². The molecule has 0 N–H and O–H groups in total. The van der Waals surface area contributed by atoms with Gasteiger partial charge in [-0.25, -0.2) is 0 Å². The molecule has 0 aromatic carbocycles. The molecule has 0 spiro atoms. The number of nitrogens with zero attached hydrogens (tertiary/aromatic N) is 1. The Balaban J connectivity index is 1.91. The molecule has 0 aromatic heterocycles. The van der Waals surface area contributed by atoms with Crippen molar-refractivity contribution in [2.24, 2.45) is 0 Å². The Morgan fingerprint density at radius 2 is 2.27 bits per heavy atom. The zero-order valence-corrected chi connectivity index (χ0v) is 10.2. The summed E-state index contributed by atoms with van der Waals surface area (Å²) in [5, 5.41) is 0. The number of allylic oxidation sites excluding steroid dienone is 2. The molecule has 0 unspecified atom stereocenters. The summed E-state index contributed by atoms with van der Waals surface area (Å²) in [5.74, 6) is 0. The monoisotopic (exact) mass is 205 g/mol. The van der Waals surface area contributed by atoms with Crippen LogP contribution in [0.5, 0.6) is 0 Å². The van der Waals surface area contributed by atoms with Gasteiger partial charge in [-0.15, -0.1) is 0 Å². The second kappa shape index (κ2) is 5.62. The molecular formula is C13H24BN. The fraction of sp³-hybridized carbons (Fsp3) is 0.846. The summed E-state index contributed by atoms with van der Waals surface area (Å²) in [6.07, 6.45) is 15.1. The second-order valence-corrected chi connectivity index (χ2v) is 5.07. The first-order valence-corrected chi connectivity index (χ1v) is 6.87. The molecule has 0 aromatic rings. The lowest BCUT2D eigenvalue weighted by molar-refractivity contribution is 0.503. The summed E-state index contributed by atoms with van der Waals surface area (Å²) in [5.41, 5.74) is 1.68. The van der Waals surface area contributed by atoms with E-state index in [2.05, 4.69) is 17.8 Å². The van der Waals surface area contributed by atoms with Crippen molar-refractivity contribution in [1.82, 2.24) is 4.81 Å². The van der Waals surface area contributed by atoms with Gasteiger partial charge in [-0.2, -0.15) is 0 Å². The van der Waals surface area contributed by atoms with E-state index >= 15 is 0 Å². The first-order chi connectivity index (χ1) is 7.42. The number of rotatable bonds is 4. The molecule has 0 amide bonds. The van der Waals surface area contributed by atoms with Crippen LogP contribution in [-0.2, 0) is 0 Å². The zero-order valence-electron chi connectivity index (χ0n) is 10.2. The third-order valence-electron chi connectivity index (χ3n) is 3.90. The van der Waals surface area contributed by atoms with Crippen LogP contribution in [0.2, 0.25) is 12.6 Å². The van der Waals surface area contributed by atoms with Crippen LogP contribution in [0.1, 0.15) is 51.9 Å². The van der Waals surface area contributed by atoms with E-state index in [4.69, 9.17) is 0 Å². The van der Waals surface area contributed by atoms with E-state index in [0.29, 0.717) is 0 Å². The van der Waals surface area contributed by atoms with E-state index < -0.39 is 0 Å². The van der Waals surface area contributed by atoms with Gasteiger partial charge in [0.05, 0.1) is 0 Å². The average molecular weight is 205 g/mol. The molecule has 0 atom stereocenters.